The third kappa shape index (κ3) is 3.45. The Morgan fingerprint density at radius 2 is 2.00 bits per heavy atom. The van der Waals surface area contributed by atoms with E-state index in [1.807, 2.05) is 0 Å². The molecule has 0 aliphatic carbocycles. The molecule has 20 heavy (non-hydrogen) atoms. The van der Waals surface area contributed by atoms with Crippen LogP contribution in [0.2, 0.25) is 5.15 Å². The highest BCUT2D eigenvalue weighted by molar-refractivity contribution is 6.30. The molecule has 0 aliphatic rings. The van der Waals surface area contributed by atoms with E-state index in [4.69, 9.17) is 22.6 Å². The molecule has 0 bridgehead atoms. The van der Waals surface area contributed by atoms with Crippen LogP contribution >= 0.6 is 11.6 Å². The van der Waals surface area contributed by atoms with Crippen molar-refractivity contribution in [3.05, 3.63) is 52.7 Å². The van der Waals surface area contributed by atoms with E-state index >= 15 is 0 Å². The average Bonchev–Trinajstić information content (AvgIpc) is 2.47. The zero-order valence-electron chi connectivity index (χ0n) is 10.4. The summed E-state index contributed by atoms with van der Waals surface area (Å²) in [6.07, 6.45) is 0. The number of carbonyl (C=O) groups is 1. The SMILES string of the molecule is NNc1cc(C(=O)Nc2ccc(CO)cc2)cc(Cl)n1. The van der Waals surface area contributed by atoms with Gasteiger partial charge in [0, 0.05) is 11.3 Å². The van der Waals surface area contributed by atoms with Gasteiger partial charge in [-0.2, -0.15) is 0 Å². The molecule has 1 amide bonds. The number of anilines is 2. The topological polar surface area (TPSA) is 100 Å². The number of hydrogen-bond acceptors (Lipinski definition) is 5. The number of nitrogen functional groups attached to an aromatic ring is 1. The van der Waals surface area contributed by atoms with Crippen molar-refractivity contribution < 1.29 is 9.90 Å². The first kappa shape index (κ1) is 14.3. The maximum absolute atomic E-state index is 12.1. The first-order valence-corrected chi connectivity index (χ1v) is 6.15. The molecule has 2 rings (SSSR count). The lowest BCUT2D eigenvalue weighted by Gasteiger charge is -2.07. The van der Waals surface area contributed by atoms with Crippen LogP contribution in [-0.4, -0.2) is 16.0 Å². The van der Waals surface area contributed by atoms with E-state index in [0.29, 0.717) is 17.1 Å². The normalized spacial score (nSPS) is 10.2. The number of rotatable bonds is 4. The number of hydrogen-bond donors (Lipinski definition) is 4. The first-order chi connectivity index (χ1) is 9.62. The maximum Gasteiger partial charge on any atom is 0.255 e. The second-order valence-electron chi connectivity index (χ2n) is 4.02. The maximum atomic E-state index is 12.1. The summed E-state index contributed by atoms with van der Waals surface area (Å²) in [5, 5.41) is 11.8. The number of carbonyl (C=O) groups excluding carboxylic acids is 1. The van der Waals surface area contributed by atoms with Crippen molar-refractivity contribution in [2.45, 2.75) is 6.61 Å². The number of amides is 1. The van der Waals surface area contributed by atoms with Gasteiger partial charge < -0.3 is 15.8 Å². The fourth-order valence-electron chi connectivity index (χ4n) is 1.60. The van der Waals surface area contributed by atoms with Gasteiger partial charge >= 0.3 is 0 Å². The number of nitrogens with zero attached hydrogens (tertiary/aromatic N) is 1. The van der Waals surface area contributed by atoms with E-state index in [0.717, 1.165) is 5.56 Å². The highest BCUT2D eigenvalue weighted by Gasteiger charge is 2.09. The van der Waals surface area contributed by atoms with Crippen molar-refractivity contribution in [2.24, 2.45) is 5.84 Å². The number of hydrazine groups is 1. The molecule has 1 aromatic heterocycles. The number of pyridine rings is 1. The minimum Gasteiger partial charge on any atom is -0.392 e. The Balaban J connectivity index is 2.16. The summed E-state index contributed by atoms with van der Waals surface area (Å²) in [6, 6.07) is 9.79. The fourth-order valence-corrected chi connectivity index (χ4v) is 1.81. The van der Waals surface area contributed by atoms with Crippen molar-refractivity contribution in [1.29, 1.82) is 0 Å². The van der Waals surface area contributed by atoms with Crippen LogP contribution in [0.3, 0.4) is 0 Å². The number of nitrogens with two attached hydrogens (primary N) is 1. The van der Waals surface area contributed by atoms with Gasteiger partial charge in [0.25, 0.3) is 5.91 Å². The Hall–Kier alpha value is -2.15. The van der Waals surface area contributed by atoms with Gasteiger partial charge in [-0.3, -0.25) is 4.79 Å². The minimum absolute atomic E-state index is 0.0419. The number of halogens is 1. The van der Waals surface area contributed by atoms with Crippen LogP contribution in [0.4, 0.5) is 11.5 Å². The Kier molecular flexibility index (Phi) is 4.52. The van der Waals surface area contributed by atoms with Crippen molar-refractivity contribution in [3.63, 3.8) is 0 Å². The third-order valence-electron chi connectivity index (χ3n) is 2.60. The van der Waals surface area contributed by atoms with Crippen LogP contribution in [0, 0.1) is 0 Å². The van der Waals surface area contributed by atoms with Crippen molar-refractivity contribution in [1.82, 2.24) is 4.98 Å². The molecule has 104 valence electrons. The molecule has 1 aromatic carbocycles. The lowest BCUT2D eigenvalue weighted by atomic mass is 10.2. The summed E-state index contributed by atoms with van der Waals surface area (Å²) < 4.78 is 0. The molecule has 0 aliphatic heterocycles. The van der Waals surface area contributed by atoms with Gasteiger partial charge in [-0.15, -0.1) is 0 Å². The standard InChI is InChI=1S/C13H13ClN4O2/c14-11-5-9(6-12(17-11)18-15)13(20)16-10-3-1-8(7-19)2-4-10/h1-6,19H,7,15H2,(H,16,20)(H,17,18). The van der Waals surface area contributed by atoms with Gasteiger partial charge in [0.2, 0.25) is 0 Å². The average molecular weight is 293 g/mol. The molecule has 6 nitrogen and oxygen atoms in total. The van der Waals surface area contributed by atoms with Gasteiger partial charge in [0.1, 0.15) is 11.0 Å². The van der Waals surface area contributed by atoms with E-state index in [1.165, 1.54) is 12.1 Å². The second-order valence-corrected chi connectivity index (χ2v) is 4.40. The summed E-state index contributed by atoms with van der Waals surface area (Å²) in [6.45, 7) is -0.0419. The quantitative estimate of drug-likeness (QED) is 0.391. The molecule has 0 spiro atoms. The number of aromatic nitrogens is 1. The van der Waals surface area contributed by atoms with Gasteiger partial charge in [-0.25, -0.2) is 10.8 Å². The van der Waals surface area contributed by atoms with E-state index in [-0.39, 0.29) is 17.7 Å². The Morgan fingerprint density at radius 1 is 1.30 bits per heavy atom. The monoisotopic (exact) mass is 292 g/mol. The largest absolute Gasteiger partial charge is 0.392 e. The molecular formula is C13H13ClN4O2. The first-order valence-electron chi connectivity index (χ1n) is 5.77. The summed E-state index contributed by atoms with van der Waals surface area (Å²) in [7, 11) is 0. The molecule has 0 fully saturated rings. The van der Waals surface area contributed by atoms with E-state index in [2.05, 4.69) is 15.7 Å². The van der Waals surface area contributed by atoms with Crippen molar-refractivity contribution >= 4 is 29.0 Å². The van der Waals surface area contributed by atoms with Gasteiger partial charge in [-0.1, -0.05) is 23.7 Å². The Bertz CT molecular complexity index is 616. The molecule has 2 aromatic rings. The molecule has 0 saturated carbocycles. The zero-order valence-corrected chi connectivity index (χ0v) is 11.2. The lowest BCUT2D eigenvalue weighted by molar-refractivity contribution is 0.102. The summed E-state index contributed by atoms with van der Waals surface area (Å²) in [4.78, 5) is 16.0. The van der Waals surface area contributed by atoms with Crippen LogP contribution in [-0.2, 0) is 6.61 Å². The minimum atomic E-state index is -0.331. The van der Waals surface area contributed by atoms with E-state index in [9.17, 15) is 4.79 Å². The Labute approximate surface area is 120 Å². The van der Waals surface area contributed by atoms with E-state index in [1.54, 1.807) is 24.3 Å². The van der Waals surface area contributed by atoms with Crippen molar-refractivity contribution in [2.75, 3.05) is 10.7 Å². The summed E-state index contributed by atoms with van der Waals surface area (Å²) in [5.41, 5.74) is 4.06. The van der Waals surface area contributed by atoms with E-state index < -0.39 is 0 Å². The smallest absolute Gasteiger partial charge is 0.255 e. The van der Waals surface area contributed by atoms with Crippen molar-refractivity contribution in [3.8, 4) is 0 Å². The van der Waals surface area contributed by atoms with Gasteiger partial charge in [0.15, 0.2) is 0 Å². The third-order valence-corrected chi connectivity index (χ3v) is 2.79. The molecular weight excluding hydrogens is 280 g/mol. The van der Waals surface area contributed by atoms with Crippen LogP contribution in [0.1, 0.15) is 15.9 Å². The number of aliphatic hydroxyl groups is 1. The highest BCUT2D eigenvalue weighted by Crippen LogP contribution is 2.16. The number of nitrogens with one attached hydrogen (secondary N) is 2. The molecule has 5 N–H and O–H groups in total. The predicted molar refractivity (Wildman–Crippen MR) is 77.4 cm³/mol. The summed E-state index contributed by atoms with van der Waals surface area (Å²) in [5.74, 6) is 5.22. The number of benzene rings is 1. The molecule has 1 heterocycles. The van der Waals surface area contributed by atoms with Crippen LogP contribution in [0.25, 0.3) is 0 Å². The van der Waals surface area contributed by atoms with Crippen LogP contribution in [0.15, 0.2) is 36.4 Å². The highest BCUT2D eigenvalue weighted by atomic mass is 35.5. The van der Waals surface area contributed by atoms with Gasteiger partial charge in [0.05, 0.1) is 6.61 Å². The summed E-state index contributed by atoms with van der Waals surface area (Å²) >= 11 is 5.80. The predicted octanol–water partition coefficient (Wildman–Crippen LogP) is 1.77. The fraction of sp³-hybridized carbons (Fsp3) is 0.0769. The molecule has 0 atom stereocenters. The zero-order chi connectivity index (χ0) is 14.5. The van der Waals surface area contributed by atoms with Gasteiger partial charge in [-0.05, 0) is 29.8 Å². The molecule has 7 heteroatoms. The molecule has 0 unspecified atom stereocenters. The van der Waals surface area contributed by atoms with Crippen LogP contribution < -0.4 is 16.6 Å². The molecule has 0 radical (unpaired) electrons. The Morgan fingerprint density at radius 3 is 2.60 bits per heavy atom. The second kappa shape index (κ2) is 6.33. The number of aliphatic hydroxyl groups excluding tert-OH is 1. The van der Waals surface area contributed by atoms with Crippen LogP contribution in [0.5, 0.6) is 0 Å². The lowest BCUT2D eigenvalue weighted by Crippen LogP contribution is -2.14. The molecule has 0 saturated heterocycles.